The van der Waals surface area contributed by atoms with Crippen molar-refractivity contribution in [3.63, 3.8) is 0 Å². The minimum Gasteiger partial charge on any atom is -0.490 e. The third kappa shape index (κ3) is 5.31. The topological polar surface area (TPSA) is 54.6 Å². The summed E-state index contributed by atoms with van der Waals surface area (Å²) in [7, 11) is 0. The highest BCUT2D eigenvalue weighted by Gasteiger charge is 2.32. The molecule has 2 aromatic rings. The standard InChI is InChI=1S/C25H29ClN2O2S/c1-6-10-30-23-20(26)11-16(12-21(23)29-7-2)15-28-24-19(14-27)18-9-8-17(25(3,4)5)13-22(18)31-24/h6,11-12,15,17H,1,7-10,13H2,2-5H3/t17-/m0/s1. The minimum atomic E-state index is 0.264. The maximum atomic E-state index is 9.78. The molecule has 0 N–H and O–H groups in total. The first-order valence-corrected chi connectivity index (χ1v) is 11.8. The van der Waals surface area contributed by atoms with Crippen molar-refractivity contribution in [3.8, 4) is 17.6 Å². The number of nitriles is 1. The fraction of sp³-hybridized carbons (Fsp3) is 0.440. The van der Waals surface area contributed by atoms with Gasteiger partial charge in [-0.15, -0.1) is 11.3 Å². The van der Waals surface area contributed by atoms with E-state index in [4.69, 9.17) is 21.1 Å². The van der Waals surface area contributed by atoms with E-state index in [1.807, 2.05) is 13.0 Å². The number of nitrogens with zero attached hydrogens (tertiary/aromatic N) is 2. The molecular formula is C25H29ClN2O2S. The number of benzene rings is 1. The molecule has 1 aliphatic rings. The van der Waals surface area contributed by atoms with Gasteiger partial charge in [-0.25, -0.2) is 4.99 Å². The quantitative estimate of drug-likeness (QED) is 0.328. The third-order valence-electron chi connectivity index (χ3n) is 5.59. The number of halogens is 1. The van der Waals surface area contributed by atoms with Crippen LogP contribution in [0.25, 0.3) is 0 Å². The van der Waals surface area contributed by atoms with E-state index in [1.165, 1.54) is 10.4 Å². The molecule has 1 aliphatic carbocycles. The average Bonchev–Trinajstić information content (AvgIpc) is 3.08. The molecule has 0 aliphatic heterocycles. The van der Waals surface area contributed by atoms with Crippen LogP contribution in [-0.2, 0) is 12.8 Å². The van der Waals surface area contributed by atoms with Gasteiger partial charge >= 0.3 is 0 Å². The molecule has 0 saturated carbocycles. The van der Waals surface area contributed by atoms with Gasteiger partial charge in [-0.3, -0.25) is 0 Å². The van der Waals surface area contributed by atoms with E-state index in [0.717, 1.165) is 29.8 Å². The van der Waals surface area contributed by atoms with E-state index < -0.39 is 0 Å². The SMILES string of the molecule is C=CCOc1c(Cl)cc(C=Nc2sc3c(c2C#N)CC[C@H](C(C)(C)C)C3)cc1OCC. The minimum absolute atomic E-state index is 0.264. The van der Waals surface area contributed by atoms with Crippen molar-refractivity contribution < 1.29 is 9.47 Å². The van der Waals surface area contributed by atoms with Gasteiger partial charge in [0.15, 0.2) is 11.5 Å². The van der Waals surface area contributed by atoms with Crippen LogP contribution in [0, 0.1) is 22.7 Å². The van der Waals surface area contributed by atoms with Crippen LogP contribution in [0.5, 0.6) is 11.5 Å². The number of ether oxygens (including phenoxy) is 2. The second-order valence-corrected chi connectivity index (χ2v) is 10.2. The van der Waals surface area contributed by atoms with Gasteiger partial charge in [0.05, 0.1) is 17.2 Å². The van der Waals surface area contributed by atoms with Crippen molar-refractivity contribution in [2.75, 3.05) is 13.2 Å². The Balaban J connectivity index is 1.91. The lowest BCUT2D eigenvalue weighted by Gasteiger charge is -2.33. The highest BCUT2D eigenvalue weighted by molar-refractivity contribution is 7.16. The lowest BCUT2D eigenvalue weighted by atomic mass is 9.72. The summed E-state index contributed by atoms with van der Waals surface area (Å²) < 4.78 is 11.4. The molecule has 0 fully saturated rings. The molecule has 1 aromatic carbocycles. The van der Waals surface area contributed by atoms with Crippen LogP contribution in [0.1, 0.15) is 55.7 Å². The van der Waals surface area contributed by atoms with Crippen LogP contribution in [0.4, 0.5) is 5.00 Å². The van der Waals surface area contributed by atoms with Crippen LogP contribution in [-0.4, -0.2) is 19.4 Å². The summed E-state index contributed by atoms with van der Waals surface area (Å²) in [6.45, 7) is 13.3. The number of hydrogen-bond donors (Lipinski definition) is 0. The highest BCUT2D eigenvalue weighted by Crippen LogP contribution is 2.45. The van der Waals surface area contributed by atoms with Gasteiger partial charge in [-0.2, -0.15) is 5.26 Å². The summed E-state index contributed by atoms with van der Waals surface area (Å²) >= 11 is 8.07. The Morgan fingerprint density at radius 1 is 1.35 bits per heavy atom. The van der Waals surface area contributed by atoms with Crippen molar-refractivity contribution in [2.24, 2.45) is 16.3 Å². The molecule has 1 atom stereocenters. The number of rotatable bonds is 7. The Bertz CT molecular complexity index is 1030. The molecule has 0 amide bonds. The van der Waals surface area contributed by atoms with Gasteiger partial charge in [0.1, 0.15) is 17.7 Å². The molecule has 4 nitrogen and oxygen atoms in total. The number of fused-ring (bicyclic) bond motifs is 1. The molecule has 0 unspecified atom stereocenters. The Labute approximate surface area is 194 Å². The summed E-state index contributed by atoms with van der Waals surface area (Å²) in [5.41, 5.74) is 2.95. The van der Waals surface area contributed by atoms with Crippen molar-refractivity contribution in [1.82, 2.24) is 0 Å². The zero-order valence-electron chi connectivity index (χ0n) is 18.6. The van der Waals surface area contributed by atoms with Crippen molar-refractivity contribution in [2.45, 2.75) is 47.0 Å². The zero-order chi connectivity index (χ0) is 22.6. The van der Waals surface area contributed by atoms with Crippen LogP contribution in [0.15, 0.2) is 29.8 Å². The first-order chi connectivity index (χ1) is 14.8. The normalized spacial score (nSPS) is 16.1. The molecule has 1 heterocycles. The third-order valence-corrected chi connectivity index (χ3v) is 7.03. The largest absolute Gasteiger partial charge is 0.490 e. The molecule has 6 heteroatoms. The van der Waals surface area contributed by atoms with Gasteiger partial charge in [0, 0.05) is 11.1 Å². The van der Waals surface area contributed by atoms with Gasteiger partial charge in [-0.05, 0) is 60.8 Å². The maximum Gasteiger partial charge on any atom is 0.180 e. The van der Waals surface area contributed by atoms with Crippen LogP contribution < -0.4 is 9.47 Å². The Hall–Kier alpha value is -2.29. The second kappa shape index (κ2) is 9.89. The Morgan fingerprint density at radius 2 is 2.13 bits per heavy atom. The fourth-order valence-corrected chi connectivity index (χ4v) is 5.35. The smallest absolute Gasteiger partial charge is 0.180 e. The van der Waals surface area contributed by atoms with E-state index >= 15 is 0 Å². The predicted octanol–water partition coefficient (Wildman–Crippen LogP) is 7.14. The number of thiophene rings is 1. The maximum absolute atomic E-state index is 9.78. The fourth-order valence-electron chi connectivity index (χ4n) is 3.86. The van der Waals surface area contributed by atoms with Gasteiger partial charge in [0.2, 0.25) is 0 Å². The lowest BCUT2D eigenvalue weighted by molar-refractivity contribution is 0.218. The molecule has 1 aromatic heterocycles. The number of hydrogen-bond acceptors (Lipinski definition) is 5. The second-order valence-electron chi connectivity index (χ2n) is 8.72. The predicted molar refractivity (Wildman–Crippen MR) is 130 cm³/mol. The molecule has 31 heavy (non-hydrogen) atoms. The van der Waals surface area contributed by atoms with Crippen LogP contribution in [0.3, 0.4) is 0 Å². The molecule has 0 bridgehead atoms. The van der Waals surface area contributed by atoms with E-state index in [-0.39, 0.29) is 5.41 Å². The molecule has 0 saturated heterocycles. The van der Waals surface area contributed by atoms with E-state index in [1.54, 1.807) is 29.7 Å². The average molecular weight is 457 g/mol. The first-order valence-electron chi connectivity index (χ1n) is 10.6. The zero-order valence-corrected chi connectivity index (χ0v) is 20.2. The van der Waals surface area contributed by atoms with Gasteiger partial charge in [0.25, 0.3) is 0 Å². The number of aliphatic imine (C=N–C) groups is 1. The molecule has 164 valence electrons. The van der Waals surface area contributed by atoms with Crippen molar-refractivity contribution >= 4 is 34.2 Å². The molecule has 0 spiro atoms. The van der Waals surface area contributed by atoms with Gasteiger partial charge in [-0.1, -0.05) is 45.0 Å². The molecular weight excluding hydrogens is 428 g/mol. The van der Waals surface area contributed by atoms with Crippen molar-refractivity contribution in [3.05, 3.63) is 51.4 Å². The van der Waals surface area contributed by atoms with Gasteiger partial charge < -0.3 is 9.47 Å². The summed E-state index contributed by atoms with van der Waals surface area (Å²) in [4.78, 5) is 5.98. The lowest BCUT2D eigenvalue weighted by Crippen LogP contribution is -2.26. The van der Waals surface area contributed by atoms with Crippen molar-refractivity contribution in [1.29, 1.82) is 5.26 Å². The molecule has 0 radical (unpaired) electrons. The highest BCUT2D eigenvalue weighted by atomic mass is 35.5. The molecule has 3 rings (SSSR count). The van der Waals surface area contributed by atoms with E-state index in [2.05, 4.69) is 38.4 Å². The Morgan fingerprint density at radius 3 is 2.77 bits per heavy atom. The Kier molecular flexibility index (Phi) is 7.46. The van der Waals surface area contributed by atoms with Crippen LogP contribution >= 0.6 is 22.9 Å². The summed E-state index contributed by atoms with van der Waals surface area (Å²) in [5, 5.41) is 11.0. The van der Waals surface area contributed by atoms with E-state index in [0.29, 0.717) is 41.2 Å². The van der Waals surface area contributed by atoms with E-state index in [9.17, 15) is 5.26 Å². The summed E-state index contributed by atoms with van der Waals surface area (Å²) in [5.74, 6) is 1.69. The summed E-state index contributed by atoms with van der Waals surface area (Å²) in [6.07, 6.45) is 6.48. The van der Waals surface area contributed by atoms with Crippen LogP contribution in [0.2, 0.25) is 5.02 Å². The first kappa shape index (κ1) is 23.4. The monoisotopic (exact) mass is 456 g/mol. The summed E-state index contributed by atoms with van der Waals surface area (Å²) in [6, 6.07) is 6.03.